The van der Waals surface area contributed by atoms with E-state index in [2.05, 4.69) is 0 Å². The summed E-state index contributed by atoms with van der Waals surface area (Å²) in [5, 5.41) is 10.9. The zero-order valence-corrected chi connectivity index (χ0v) is 20.1. The van der Waals surface area contributed by atoms with Gasteiger partial charge in [-0.2, -0.15) is 4.31 Å². The van der Waals surface area contributed by atoms with E-state index in [0.717, 1.165) is 21.9 Å². The second-order valence-corrected chi connectivity index (χ2v) is 10.6. The first kappa shape index (κ1) is 23.7. The molecule has 4 aromatic carbocycles. The lowest BCUT2D eigenvalue weighted by Gasteiger charge is -2.09. The minimum Gasteiger partial charge on any atom is -0.478 e. The molecule has 182 valence electrons. The second kappa shape index (κ2) is 9.56. The summed E-state index contributed by atoms with van der Waals surface area (Å²) in [5.41, 5.74) is 3.39. The summed E-state index contributed by atoms with van der Waals surface area (Å²) in [4.78, 5) is 24.0. The van der Waals surface area contributed by atoms with E-state index in [1.54, 1.807) is 48.5 Å². The number of fused-ring (bicyclic) bond motifs is 1. The molecule has 0 amide bonds. The van der Waals surface area contributed by atoms with Gasteiger partial charge in [0.2, 0.25) is 10.0 Å². The zero-order chi connectivity index (χ0) is 25.3. The van der Waals surface area contributed by atoms with E-state index < -0.39 is 22.0 Å². The number of sulfonamides is 1. The molecule has 8 heteroatoms. The van der Waals surface area contributed by atoms with Crippen LogP contribution in [0.15, 0.2) is 89.8 Å². The predicted molar refractivity (Wildman–Crippen MR) is 134 cm³/mol. The Morgan fingerprint density at radius 2 is 1.36 bits per heavy atom. The van der Waals surface area contributed by atoms with Crippen LogP contribution < -0.4 is 0 Å². The highest BCUT2D eigenvalue weighted by atomic mass is 32.2. The third-order valence-corrected chi connectivity index (χ3v) is 8.00. The summed E-state index contributed by atoms with van der Waals surface area (Å²) in [6.45, 7) is 1.14. The van der Waals surface area contributed by atoms with Gasteiger partial charge >= 0.3 is 11.9 Å². The number of carbonyl (C=O) groups is 2. The van der Waals surface area contributed by atoms with E-state index in [4.69, 9.17) is 9.84 Å². The normalized spacial score (nSPS) is 13.4. The van der Waals surface area contributed by atoms with Crippen LogP contribution in [0.25, 0.3) is 10.8 Å². The number of esters is 1. The lowest BCUT2D eigenvalue weighted by Crippen LogP contribution is -2.11. The first-order valence-corrected chi connectivity index (χ1v) is 12.8. The SMILES string of the molecule is O=C(O)c1ccc(Cc2ccc3ccc(C(=O)OCc4ccc(S(=O)(=O)N5CC5)cc4)cc3c2)cc1. The van der Waals surface area contributed by atoms with Crippen LogP contribution in [0.5, 0.6) is 0 Å². The molecule has 0 bridgehead atoms. The van der Waals surface area contributed by atoms with Gasteiger partial charge in [0.15, 0.2) is 0 Å². The monoisotopic (exact) mass is 501 g/mol. The van der Waals surface area contributed by atoms with Crippen molar-refractivity contribution in [2.24, 2.45) is 0 Å². The van der Waals surface area contributed by atoms with E-state index in [0.29, 0.717) is 30.6 Å². The highest BCUT2D eigenvalue weighted by Gasteiger charge is 2.33. The molecule has 1 N–H and O–H groups in total. The fourth-order valence-electron chi connectivity index (χ4n) is 3.95. The summed E-state index contributed by atoms with van der Waals surface area (Å²) >= 11 is 0. The Hall–Kier alpha value is -4.01. The Balaban J connectivity index is 1.26. The Kier molecular flexibility index (Phi) is 6.30. The van der Waals surface area contributed by atoms with E-state index in [1.165, 1.54) is 16.4 Å². The molecule has 1 aliphatic heterocycles. The van der Waals surface area contributed by atoms with E-state index in [-0.39, 0.29) is 17.1 Å². The summed E-state index contributed by atoms with van der Waals surface area (Å²) in [6, 6.07) is 24.5. The minimum absolute atomic E-state index is 0.0350. The number of carbonyl (C=O) groups excluding carboxylic acids is 1. The maximum absolute atomic E-state index is 12.7. The summed E-state index contributed by atoms with van der Waals surface area (Å²) < 4.78 is 31.3. The average molecular weight is 502 g/mol. The van der Waals surface area contributed by atoms with Gasteiger partial charge in [-0.1, -0.05) is 48.5 Å². The van der Waals surface area contributed by atoms with Crippen molar-refractivity contribution in [2.45, 2.75) is 17.9 Å². The number of benzene rings is 4. The fourth-order valence-corrected chi connectivity index (χ4v) is 5.29. The van der Waals surface area contributed by atoms with Crippen molar-refractivity contribution in [1.82, 2.24) is 4.31 Å². The lowest BCUT2D eigenvalue weighted by atomic mass is 9.99. The van der Waals surface area contributed by atoms with Crippen LogP contribution in [-0.2, 0) is 27.8 Å². The van der Waals surface area contributed by atoms with Crippen LogP contribution >= 0.6 is 0 Å². The number of hydrogen-bond acceptors (Lipinski definition) is 5. The highest BCUT2D eigenvalue weighted by molar-refractivity contribution is 7.89. The molecule has 0 atom stereocenters. The van der Waals surface area contributed by atoms with E-state index in [9.17, 15) is 18.0 Å². The van der Waals surface area contributed by atoms with Crippen molar-refractivity contribution in [2.75, 3.05) is 13.1 Å². The van der Waals surface area contributed by atoms with Crippen molar-refractivity contribution in [1.29, 1.82) is 0 Å². The number of carboxylic acids is 1. The average Bonchev–Trinajstić information content (AvgIpc) is 3.74. The Morgan fingerprint density at radius 3 is 2.03 bits per heavy atom. The summed E-state index contributed by atoms with van der Waals surface area (Å²) in [7, 11) is -3.40. The largest absolute Gasteiger partial charge is 0.478 e. The Morgan fingerprint density at radius 1 is 0.750 bits per heavy atom. The molecule has 4 aromatic rings. The molecule has 0 unspecified atom stereocenters. The van der Waals surface area contributed by atoms with Gasteiger partial charge in [0, 0.05) is 13.1 Å². The number of nitrogens with zero attached hydrogens (tertiary/aromatic N) is 1. The molecule has 1 saturated heterocycles. The molecule has 36 heavy (non-hydrogen) atoms. The molecule has 0 radical (unpaired) electrons. The van der Waals surface area contributed by atoms with Crippen LogP contribution in [0.2, 0.25) is 0 Å². The zero-order valence-electron chi connectivity index (χ0n) is 19.3. The van der Waals surface area contributed by atoms with Gasteiger partial charge in [0.1, 0.15) is 6.61 Å². The first-order chi connectivity index (χ1) is 17.3. The van der Waals surface area contributed by atoms with Gasteiger partial charge in [-0.3, -0.25) is 0 Å². The molecular weight excluding hydrogens is 478 g/mol. The topological polar surface area (TPSA) is 101 Å². The third-order valence-electron chi connectivity index (χ3n) is 6.09. The number of carboxylic acid groups (broad SMARTS) is 1. The second-order valence-electron chi connectivity index (χ2n) is 8.70. The van der Waals surface area contributed by atoms with Crippen LogP contribution in [0, 0.1) is 0 Å². The first-order valence-electron chi connectivity index (χ1n) is 11.4. The minimum atomic E-state index is -3.40. The maximum atomic E-state index is 12.7. The number of hydrogen-bond donors (Lipinski definition) is 1. The van der Waals surface area contributed by atoms with Crippen molar-refractivity contribution in [3.05, 3.63) is 113 Å². The Bertz CT molecular complexity index is 1560. The molecule has 0 spiro atoms. The Labute approximate surface area is 208 Å². The number of ether oxygens (including phenoxy) is 1. The van der Waals surface area contributed by atoms with Gasteiger partial charge in [-0.05, 0) is 70.3 Å². The summed E-state index contributed by atoms with van der Waals surface area (Å²) in [6.07, 6.45) is 0.633. The quantitative estimate of drug-likeness (QED) is 0.282. The molecule has 1 aliphatic rings. The molecule has 0 aromatic heterocycles. The standard InChI is InChI=1S/C28H23NO6S/c30-27(31)23-7-1-19(2-8-23)15-21-3-6-22-9-10-24(17-25(22)16-21)28(32)35-18-20-4-11-26(12-5-20)36(33,34)29-13-14-29/h1-12,16-17H,13-15,18H2,(H,30,31). The molecule has 5 rings (SSSR count). The number of rotatable bonds is 8. The fraction of sp³-hybridized carbons (Fsp3) is 0.143. The molecular formula is C28H23NO6S. The van der Waals surface area contributed by atoms with Crippen LogP contribution in [-0.4, -0.2) is 42.9 Å². The van der Waals surface area contributed by atoms with Gasteiger partial charge in [0.05, 0.1) is 16.0 Å². The molecule has 0 aliphatic carbocycles. The van der Waals surface area contributed by atoms with Crippen molar-refractivity contribution in [3.8, 4) is 0 Å². The predicted octanol–water partition coefficient (Wildman–Crippen LogP) is 4.49. The van der Waals surface area contributed by atoms with E-state index >= 15 is 0 Å². The van der Waals surface area contributed by atoms with Crippen molar-refractivity contribution < 1.29 is 27.9 Å². The maximum Gasteiger partial charge on any atom is 0.338 e. The number of aromatic carboxylic acids is 1. The smallest absolute Gasteiger partial charge is 0.338 e. The highest BCUT2D eigenvalue weighted by Crippen LogP contribution is 2.23. The summed E-state index contributed by atoms with van der Waals surface area (Å²) in [5.74, 6) is -1.42. The molecule has 0 saturated carbocycles. The molecule has 7 nitrogen and oxygen atoms in total. The van der Waals surface area contributed by atoms with E-state index in [1.807, 2.05) is 24.3 Å². The van der Waals surface area contributed by atoms with Crippen molar-refractivity contribution >= 4 is 32.7 Å². The van der Waals surface area contributed by atoms with Crippen molar-refractivity contribution in [3.63, 3.8) is 0 Å². The van der Waals surface area contributed by atoms with Gasteiger partial charge in [0.25, 0.3) is 0 Å². The van der Waals surface area contributed by atoms with Crippen LogP contribution in [0.1, 0.15) is 37.4 Å². The van der Waals surface area contributed by atoms with Gasteiger partial charge in [-0.15, -0.1) is 0 Å². The van der Waals surface area contributed by atoms with Gasteiger partial charge in [-0.25, -0.2) is 18.0 Å². The lowest BCUT2D eigenvalue weighted by molar-refractivity contribution is 0.0472. The van der Waals surface area contributed by atoms with Crippen LogP contribution in [0.3, 0.4) is 0 Å². The molecule has 1 fully saturated rings. The third kappa shape index (κ3) is 5.15. The molecule has 1 heterocycles. The van der Waals surface area contributed by atoms with Crippen LogP contribution in [0.4, 0.5) is 0 Å². The van der Waals surface area contributed by atoms with Gasteiger partial charge < -0.3 is 9.84 Å².